The van der Waals surface area contributed by atoms with Crippen LogP contribution in [0.2, 0.25) is 0 Å². The van der Waals surface area contributed by atoms with E-state index in [9.17, 15) is 9.59 Å². The molecule has 6 nitrogen and oxygen atoms in total. The lowest BCUT2D eigenvalue weighted by molar-refractivity contribution is -0.128. The summed E-state index contributed by atoms with van der Waals surface area (Å²) in [6.07, 6.45) is 0.383. The van der Waals surface area contributed by atoms with Crippen molar-refractivity contribution in [1.29, 1.82) is 0 Å². The molecule has 0 aliphatic carbocycles. The highest BCUT2D eigenvalue weighted by atomic mass is 16.6. The van der Waals surface area contributed by atoms with E-state index in [1.165, 1.54) is 0 Å². The second-order valence-electron chi connectivity index (χ2n) is 5.14. The Bertz CT molecular complexity index is 492. The number of amides is 2. The molecule has 0 radical (unpaired) electrons. The predicted octanol–water partition coefficient (Wildman–Crippen LogP) is 0.815. The first-order valence-electron chi connectivity index (χ1n) is 7.03. The van der Waals surface area contributed by atoms with Crippen molar-refractivity contribution in [2.75, 3.05) is 26.7 Å². The minimum atomic E-state index is -0.370. The highest BCUT2D eigenvalue weighted by molar-refractivity contribution is 5.78. The maximum atomic E-state index is 12.0. The van der Waals surface area contributed by atoms with Gasteiger partial charge in [0.25, 0.3) is 0 Å². The molecular formula is C15H21N3O3. The molecule has 0 bridgehead atoms. The summed E-state index contributed by atoms with van der Waals surface area (Å²) in [4.78, 5) is 26.8. The van der Waals surface area contributed by atoms with Gasteiger partial charge in [0.05, 0.1) is 12.6 Å². The zero-order valence-corrected chi connectivity index (χ0v) is 12.2. The quantitative estimate of drug-likeness (QED) is 0.891. The fraction of sp³-hybridized carbons (Fsp3) is 0.467. The van der Waals surface area contributed by atoms with E-state index in [2.05, 4.69) is 0 Å². The van der Waals surface area contributed by atoms with Gasteiger partial charge >= 0.3 is 6.09 Å². The van der Waals surface area contributed by atoms with Crippen molar-refractivity contribution in [3.8, 4) is 0 Å². The number of likely N-dealkylation sites (N-methyl/N-ethyl adjacent to an activating group) is 1. The van der Waals surface area contributed by atoms with E-state index in [0.29, 0.717) is 13.1 Å². The summed E-state index contributed by atoms with van der Waals surface area (Å²) in [5.74, 6) is -0.0800. The number of carbonyl (C=O) groups excluding carboxylic acids is 2. The molecule has 0 spiro atoms. The maximum Gasteiger partial charge on any atom is 0.410 e. The molecule has 1 aromatic rings. The lowest BCUT2D eigenvalue weighted by atomic mass is 10.2. The summed E-state index contributed by atoms with van der Waals surface area (Å²) < 4.78 is 5.28. The largest absolute Gasteiger partial charge is 0.445 e. The van der Waals surface area contributed by atoms with Crippen LogP contribution in [-0.2, 0) is 16.1 Å². The Morgan fingerprint density at radius 2 is 2.10 bits per heavy atom. The van der Waals surface area contributed by atoms with Crippen LogP contribution in [0.5, 0.6) is 0 Å². The number of rotatable bonds is 4. The molecule has 0 saturated carbocycles. The highest BCUT2D eigenvalue weighted by Crippen LogP contribution is 2.15. The molecule has 1 unspecified atom stereocenters. The zero-order chi connectivity index (χ0) is 15.2. The smallest absolute Gasteiger partial charge is 0.410 e. The fourth-order valence-electron chi connectivity index (χ4n) is 2.38. The van der Waals surface area contributed by atoms with Gasteiger partial charge in [0, 0.05) is 20.1 Å². The fourth-order valence-corrected chi connectivity index (χ4v) is 2.38. The summed E-state index contributed by atoms with van der Waals surface area (Å²) in [6, 6.07) is 9.53. The van der Waals surface area contributed by atoms with Crippen molar-refractivity contribution in [3.63, 3.8) is 0 Å². The lowest BCUT2D eigenvalue weighted by Crippen LogP contribution is -2.41. The van der Waals surface area contributed by atoms with Gasteiger partial charge in [-0.05, 0) is 12.0 Å². The molecule has 1 fully saturated rings. The molecule has 1 aliphatic rings. The number of benzene rings is 1. The molecule has 6 heteroatoms. The van der Waals surface area contributed by atoms with Gasteiger partial charge in [-0.1, -0.05) is 30.3 Å². The number of carbonyl (C=O) groups is 2. The van der Waals surface area contributed by atoms with Crippen LogP contribution in [0.4, 0.5) is 4.79 Å². The summed E-state index contributed by atoms with van der Waals surface area (Å²) >= 11 is 0. The molecule has 1 atom stereocenters. The van der Waals surface area contributed by atoms with E-state index >= 15 is 0 Å². The standard InChI is InChI=1S/C15H21N3O3/c1-17(13-7-8-18(10-13)14(19)9-16)15(20)21-11-12-5-3-2-4-6-12/h2-6,13H,7-11,16H2,1H3. The van der Waals surface area contributed by atoms with Crippen molar-refractivity contribution in [3.05, 3.63) is 35.9 Å². The molecule has 2 rings (SSSR count). The molecule has 1 aliphatic heterocycles. The second-order valence-corrected chi connectivity index (χ2v) is 5.14. The zero-order valence-electron chi connectivity index (χ0n) is 12.2. The normalized spacial score (nSPS) is 17.6. The third kappa shape index (κ3) is 3.95. The van der Waals surface area contributed by atoms with Crippen LogP contribution in [0, 0.1) is 0 Å². The van der Waals surface area contributed by atoms with Gasteiger partial charge in [-0.15, -0.1) is 0 Å². The van der Waals surface area contributed by atoms with Gasteiger partial charge in [0.2, 0.25) is 5.91 Å². The van der Waals surface area contributed by atoms with Crippen LogP contribution in [0.3, 0.4) is 0 Å². The number of hydrogen-bond donors (Lipinski definition) is 1. The number of likely N-dealkylation sites (tertiary alicyclic amines) is 1. The van der Waals surface area contributed by atoms with E-state index in [0.717, 1.165) is 12.0 Å². The van der Waals surface area contributed by atoms with Crippen molar-refractivity contribution in [1.82, 2.24) is 9.80 Å². The number of hydrogen-bond acceptors (Lipinski definition) is 4. The molecule has 1 aromatic carbocycles. The van der Waals surface area contributed by atoms with Gasteiger partial charge in [-0.25, -0.2) is 4.79 Å². The Morgan fingerprint density at radius 1 is 1.38 bits per heavy atom. The lowest BCUT2D eigenvalue weighted by Gasteiger charge is -2.24. The summed E-state index contributed by atoms with van der Waals surface area (Å²) in [5, 5.41) is 0. The molecule has 2 N–H and O–H groups in total. The Balaban J connectivity index is 1.81. The van der Waals surface area contributed by atoms with Gasteiger partial charge in [-0.3, -0.25) is 4.79 Å². The van der Waals surface area contributed by atoms with Gasteiger partial charge in [0.1, 0.15) is 6.61 Å². The SMILES string of the molecule is CN(C(=O)OCc1ccccc1)C1CCN(C(=O)CN)C1. The Morgan fingerprint density at radius 3 is 2.76 bits per heavy atom. The van der Waals surface area contributed by atoms with Crippen molar-refractivity contribution in [2.24, 2.45) is 5.73 Å². The van der Waals surface area contributed by atoms with Crippen LogP contribution in [0.1, 0.15) is 12.0 Å². The Hall–Kier alpha value is -2.08. The first kappa shape index (κ1) is 15.3. The molecule has 21 heavy (non-hydrogen) atoms. The molecule has 2 amide bonds. The Kier molecular flexibility index (Phi) is 5.16. The average molecular weight is 291 g/mol. The van der Waals surface area contributed by atoms with Crippen LogP contribution >= 0.6 is 0 Å². The van der Waals surface area contributed by atoms with Crippen LogP contribution < -0.4 is 5.73 Å². The first-order chi connectivity index (χ1) is 10.1. The number of nitrogens with zero attached hydrogens (tertiary/aromatic N) is 2. The van der Waals surface area contributed by atoms with Crippen LogP contribution in [0.25, 0.3) is 0 Å². The van der Waals surface area contributed by atoms with Crippen LogP contribution in [-0.4, -0.2) is 54.5 Å². The van der Waals surface area contributed by atoms with E-state index in [4.69, 9.17) is 10.5 Å². The summed E-state index contributed by atoms with van der Waals surface area (Å²) in [6.45, 7) is 1.42. The second kappa shape index (κ2) is 7.08. The van der Waals surface area contributed by atoms with Gasteiger partial charge < -0.3 is 20.3 Å². The molecule has 0 aromatic heterocycles. The van der Waals surface area contributed by atoms with Crippen LogP contribution in [0.15, 0.2) is 30.3 Å². The minimum absolute atomic E-state index is 0.00882. The van der Waals surface area contributed by atoms with Crippen molar-refractivity contribution in [2.45, 2.75) is 19.1 Å². The van der Waals surface area contributed by atoms with E-state index in [-0.39, 0.29) is 31.2 Å². The van der Waals surface area contributed by atoms with Crippen molar-refractivity contribution < 1.29 is 14.3 Å². The minimum Gasteiger partial charge on any atom is -0.445 e. The summed E-state index contributed by atoms with van der Waals surface area (Å²) in [7, 11) is 1.70. The van der Waals surface area contributed by atoms with E-state index in [1.807, 2.05) is 30.3 Å². The van der Waals surface area contributed by atoms with E-state index < -0.39 is 0 Å². The Labute approximate surface area is 124 Å². The van der Waals surface area contributed by atoms with Gasteiger partial charge in [-0.2, -0.15) is 0 Å². The highest BCUT2D eigenvalue weighted by Gasteiger charge is 2.31. The maximum absolute atomic E-state index is 12.0. The molecule has 114 valence electrons. The number of nitrogens with two attached hydrogens (primary N) is 1. The third-order valence-corrected chi connectivity index (χ3v) is 3.73. The molecule has 1 saturated heterocycles. The molecular weight excluding hydrogens is 270 g/mol. The average Bonchev–Trinajstić information content (AvgIpc) is 3.02. The first-order valence-corrected chi connectivity index (χ1v) is 7.03. The van der Waals surface area contributed by atoms with Crippen molar-refractivity contribution >= 4 is 12.0 Å². The van der Waals surface area contributed by atoms with Gasteiger partial charge in [0.15, 0.2) is 0 Å². The monoisotopic (exact) mass is 291 g/mol. The predicted molar refractivity (Wildman–Crippen MR) is 78.4 cm³/mol. The topological polar surface area (TPSA) is 75.9 Å². The molecule has 1 heterocycles. The third-order valence-electron chi connectivity index (χ3n) is 3.73. The number of ether oxygens (including phenoxy) is 1. The summed E-state index contributed by atoms with van der Waals surface area (Å²) in [5.41, 5.74) is 6.30. The van der Waals surface area contributed by atoms with E-state index in [1.54, 1.807) is 16.8 Å².